The quantitative estimate of drug-likeness (QED) is 0.305. The van der Waals surface area contributed by atoms with Crippen molar-refractivity contribution in [2.75, 3.05) is 5.75 Å². The molecule has 0 saturated heterocycles. The first-order chi connectivity index (χ1) is 13.3. The molecular weight excluding hydrogens is 384 g/mol. The van der Waals surface area contributed by atoms with Crippen LogP contribution < -0.4 is 0 Å². The summed E-state index contributed by atoms with van der Waals surface area (Å²) in [6, 6.07) is 0. The average Bonchev–Trinajstić information content (AvgIpc) is 2.93. The predicted octanol–water partition coefficient (Wildman–Crippen LogP) is 4.66. The summed E-state index contributed by atoms with van der Waals surface area (Å²) in [5.74, 6) is 8.87. The molecule has 0 aliphatic heterocycles. The summed E-state index contributed by atoms with van der Waals surface area (Å²) in [7, 11) is 0. The van der Waals surface area contributed by atoms with Crippen LogP contribution in [0.1, 0.15) is 71.6 Å². The normalized spacial score (nSPS) is 48.4. The van der Waals surface area contributed by atoms with Gasteiger partial charge in [-0.25, -0.2) is 0 Å². The van der Waals surface area contributed by atoms with Crippen LogP contribution in [0.15, 0.2) is 11.6 Å². The highest BCUT2D eigenvalue weighted by atomic mass is 32.1. The molecule has 8 atom stereocenters. The highest BCUT2D eigenvalue weighted by molar-refractivity contribution is 7.84. The fourth-order valence-electron chi connectivity index (χ4n) is 7.80. The Morgan fingerprint density at radius 2 is 1.93 bits per heavy atom. The van der Waals surface area contributed by atoms with E-state index in [1.54, 1.807) is 0 Å². The van der Waals surface area contributed by atoms with Gasteiger partial charge >= 0.3 is 0 Å². The molecule has 0 aromatic carbocycles. The monoisotopic (exact) mass is 420 g/mol. The highest BCUT2D eigenvalue weighted by Crippen LogP contribution is 2.68. The summed E-state index contributed by atoms with van der Waals surface area (Å²) >= 11 is 9.38. The molecule has 156 valence electrons. The van der Waals surface area contributed by atoms with E-state index in [-0.39, 0.29) is 16.9 Å². The van der Waals surface area contributed by atoms with E-state index in [0.29, 0.717) is 23.0 Å². The van der Waals surface area contributed by atoms with E-state index in [4.69, 9.17) is 12.6 Å². The number of rotatable bonds is 3. The van der Waals surface area contributed by atoms with Crippen LogP contribution in [-0.2, 0) is 0 Å². The van der Waals surface area contributed by atoms with E-state index in [1.165, 1.54) is 12.0 Å². The third-order valence-electron chi connectivity index (χ3n) is 9.11. The molecule has 3 fully saturated rings. The Morgan fingerprint density at radius 3 is 2.64 bits per heavy atom. The standard InChI is InChI=1S/C24H36O2S2/c1-3-9-24(26)12-8-20-19-5-4-16-13-17(25)6-11-23(16,14-18(28)15-27)21(19)7-10-22(20,24)2/h13,17-21,25-28H,4-8,10-12,14-15H2,1-2H3/t17?,18?,19-,20-,21+,22-,23+,24?/m0/s1. The fraction of sp³-hybridized carbons (Fsp3) is 0.833. The Labute approximate surface area is 181 Å². The molecule has 2 N–H and O–H groups in total. The number of aliphatic hydroxyl groups is 2. The summed E-state index contributed by atoms with van der Waals surface area (Å²) in [6.07, 6.45) is 11.3. The lowest BCUT2D eigenvalue weighted by molar-refractivity contribution is -0.106. The number of hydrogen-bond donors (Lipinski definition) is 4. The van der Waals surface area contributed by atoms with Gasteiger partial charge in [0.1, 0.15) is 5.60 Å². The summed E-state index contributed by atoms with van der Waals surface area (Å²) in [5.41, 5.74) is 0.771. The number of hydrogen-bond acceptors (Lipinski definition) is 4. The third kappa shape index (κ3) is 3.03. The minimum absolute atomic E-state index is 0.0856. The Balaban J connectivity index is 1.71. The second kappa shape index (κ2) is 7.56. The molecule has 4 rings (SSSR count). The zero-order chi connectivity index (χ0) is 20.2. The maximum atomic E-state index is 11.4. The van der Waals surface area contributed by atoms with E-state index in [9.17, 15) is 10.2 Å². The van der Waals surface area contributed by atoms with Crippen molar-refractivity contribution >= 4 is 25.3 Å². The molecule has 0 spiro atoms. The van der Waals surface area contributed by atoms with E-state index in [2.05, 4.69) is 37.5 Å². The van der Waals surface area contributed by atoms with Crippen LogP contribution >= 0.6 is 25.3 Å². The topological polar surface area (TPSA) is 40.5 Å². The van der Waals surface area contributed by atoms with E-state index < -0.39 is 5.60 Å². The molecule has 0 aromatic rings. The molecule has 0 amide bonds. The zero-order valence-corrected chi connectivity index (χ0v) is 19.1. The molecule has 4 aliphatic carbocycles. The number of aliphatic hydroxyl groups excluding tert-OH is 1. The molecule has 28 heavy (non-hydrogen) atoms. The van der Waals surface area contributed by atoms with Crippen molar-refractivity contribution in [2.24, 2.45) is 28.6 Å². The molecule has 0 bridgehead atoms. The Morgan fingerprint density at radius 1 is 1.18 bits per heavy atom. The summed E-state index contributed by atoms with van der Waals surface area (Å²) in [5, 5.41) is 22.0. The maximum absolute atomic E-state index is 11.4. The van der Waals surface area contributed by atoms with Crippen molar-refractivity contribution in [1.29, 1.82) is 0 Å². The highest BCUT2D eigenvalue weighted by Gasteiger charge is 2.64. The molecule has 0 radical (unpaired) electrons. The van der Waals surface area contributed by atoms with Gasteiger partial charge in [0.2, 0.25) is 0 Å². The van der Waals surface area contributed by atoms with E-state index in [1.807, 2.05) is 6.92 Å². The SMILES string of the molecule is CC#CC1(O)CC[C@H]2[C@@H]3CCC4=CC(O)CC[C@]4(CC(S)CS)[C@@H]3CC[C@@]21C. The lowest BCUT2D eigenvalue weighted by Crippen LogP contribution is -2.55. The first kappa shape index (κ1) is 21.2. The number of allylic oxidation sites excluding steroid dienone is 1. The van der Waals surface area contributed by atoms with Crippen LogP contribution in [0.5, 0.6) is 0 Å². The van der Waals surface area contributed by atoms with E-state index >= 15 is 0 Å². The molecular formula is C24H36O2S2. The van der Waals surface area contributed by atoms with Gasteiger partial charge in [-0.15, -0.1) is 5.92 Å². The zero-order valence-electron chi connectivity index (χ0n) is 17.3. The van der Waals surface area contributed by atoms with Gasteiger partial charge in [-0.05, 0) is 87.9 Å². The van der Waals surface area contributed by atoms with Crippen molar-refractivity contribution in [2.45, 2.75) is 88.6 Å². The van der Waals surface area contributed by atoms with Gasteiger partial charge in [0.05, 0.1) is 6.10 Å². The van der Waals surface area contributed by atoms with Gasteiger partial charge in [0, 0.05) is 16.4 Å². The van der Waals surface area contributed by atoms with Crippen molar-refractivity contribution in [3.8, 4) is 11.8 Å². The van der Waals surface area contributed by atoms with Crippen molar-refractivity contribution < 1.29 is 10.2 Å². The van der Waals surface area contributed by atoms with E-state index in [0.717, 1.165) is 57.1 Å². The molecule has 0 aromatic heterocycles. The molecule has 3 saturated carbocycles. The van der Waals surface area contributed by atoms with Gasteiger partial charge < -0.3 is 10.2 Å². The molecule has 4 heteroatoms. The lowest BCUT2D eigenvalue weighted by atomic mass is 9.45. The van der Waals surface area contributed by atoms with Crippen molar-refractivity contribution in [3.63, 3.8) is 0 Å². The predicted molar refractivity (Wildman–Crippen MR) is 122 cm³/mol. The van der Waals surface area contributed by atoms with Crippen molar-refractivity contribution in [3.05, 3.63) is 11.6 Å². The van der Waals surface area contributed by atoms with Gasteiger partial charge in [0.15, 0.2) is 0 Å². The summed E-state index contributed by atoms with van der Waals surface area (Å²) in [6.45, 7) is 4.16. The maximum Gasteiger partial charge on any atom is 0.131 e. The Bertz CT molecular complexity index is 709. The molecule has 0 heterocycles. The molecule has 2 nitrogen and oxygen atoms in total. The largest absolute Gasteiger partial charge is 0.389 e. The van der Waals surface area contributed by atoms with Crippen LogP contribution in [0.2, 0.25) is 0 Å². The summed E-state index contributed by atoms with van der Waals surface area (Å²) in [4.78, 5) is 0. The van der Waals surface area contributed by atoms with Gasteiger partial charge in [-0.3, -0.25) is 0 Å². The number of thiol groups is 2. The van der Waals surface area contributed by atoms with Crippen LogP contribution in [0.25, 0.3) is 0 Å². The average molecular weight is 421 g/mol. The molecule has 3 unspecified atom stereocenters. The van der Waals surface area contributed by atoms with Crippen LogP contribution in [0, 0.1) is 40.4 Å². The number of fused-ring (bicyclic) bond motifs is 5. The van der Waals surface area contributed by atoms with Gasteiger partial charge in [0.25, 0.3) is 0 Å². The van der Waals surface area contributed by atoms with Crippen LogP contribution in [0.3, 0.4) is 0 Å². The second-order valence-electron chi connectivity index (χ2n) is 10.1. The first-order valence-electron chi connectivity index (χ1n) is 11.1. The minimum Gasteiger partial charge on any atom is -0.389 e. The second-order valence-corrected chi connectivity index (χ2v) is 11.2. The minimum atomic E-state index is -0.819. The van der Waals surface area contributed by atoms with Crippen LogP contribution in [0.4, 0.5) is 0 Å². The fourth-order valence-corrected chi connectivity index (χ4v) is 8.25. The molecule has 4 aliphatic rings. The smallest absolute Gasteiger partial charge is 0.131 e. The third-order valence-corrected chi connectivity index (χ3v) is 10.2. The van der Waals surface area contributed by atoms with Crippen molar-refractivity contribution in [1.82, 2.24) is 0 Å². The lowest BCUT2D eigenvalue weighted by Gasteiger charge is -2.60. The van der Waals surface area contributed by atoms with Gasteiger partial charge in [-0.1, -0.05) is 24.5 Å². The first-order valence-corrected chi connectivity index (χ1v) is 12.3. The Hall–Kier alpha value is -0.0800. The van der Waals surface area contributed by atoms with Crippen LogP contribution in [-0.4, -0.2) is 32.9 Å². The van der Waals surface area contributed by atoms with Gasteiger partial charge in [-0.2, -0.15) is 25.3 Å². The Kier molecular flexibility index (Phi) is 5.71. The summed E-state index contributed by atoms with van der Waals surface area (Å²) < 4.78 is 0.